The first-order valence-electron chi connectivity index (χ1n) is 4.63. The summed E-state index contributed by atoms with van der Waals surface area (Å²) in [5, 5.41) is -0.0361. The fraction of sp³-hybridized carbons (Fsp3) is 0.364. The number of benzene rings is 1. The van der Waals surface area contributed by atoms with Crippen LogP contribution in [0.15, 0.2) is 24.3 Å². The molecule has 0 spiro atoms. The predicted octanol–water partition coefficient (Wildman–Crippen LogP) is 3.51. The first-order valence-corrected chi connectivity index (χ1v) is 5.38. The van der Waals surface area contributed by atoms with E-state index in [-0.39, 0.29) is 5.92 Å². The van der Waals surface area contributed by atoms with Crippen LogP contribution in [0.3, 0.4) is 0 Å². The van der Waals surface area contributed by atoms with Gasteiger partial charge in [-0.05, 0) is 29.7 Å². The van der Waals surface area contributed by atoms with Crippen LogP contribution in [0, 0.1) is 5.92 Å². The first-order chi connectivity index (χ1) is 7.02. The Balaban J connectivity index is 2.84. The van der Waals surface area contributed by atoms with Gasteiger partial charge in [0, 0.05) is 0 Å². The lowest BCUT2D eigenvalue weighted by atomic mass is 10.1. The van der Waals surface area contributed by atoms with Crippen molar-refractivity contribution in [2.75, 3.05) is 0 Å². The van der Waals surface area contributed by atoms with Gasteiger partial charge in [0.15, 0.2) is 6.10 Å². The highest BCUT2D eigenvalue weighted by Gasteiger charge is 2.22. The number of hydrogen-bond donors (Lipinski definition) is 0. The minimum atomic E-state index is -0.661. The second kappa shape index (κ2) is 5.38. The van der Waals surface area contributed by atoms with Gasteiger partial charge in [0.25, 0.3) is 5.24 Å². The summed E-state index contributed by atoms with van der Waals surface area (Å²) in [5.41, 5.74) is 0. The zero-order valence-corrected chi connectivity index (χ0v) is 10.0. The van der Waals surface area contributed by atoms with Crippen LogP contribution in [0.2, 0.25) is 5.02 Å². The van der Waals surface area contributed by atoms with Gasteiger partial charge in [-0.1, -0.05) is 37.6 Å². The van der Waals surface area contributed by atoms with Crippen LogP contribution in [0.4, 0.5) is 0 Å². The van der Waals surface area contributed by atoms with E-state index in [0.717, 1.165) is 0 Å². The second-order valence-corrected chi connectivity index (χ2v) is 4.30. The van der Waals surface area contributed by atoms with E-state index in [1.54, 1.807) is 24.3 Å². The standard InChI is InChI=1S/C11H12Cl2O2/c1-7(2)10(11(13)14)15-9-6-4-3-5-8(9)12/h3-7,10H,1-2H3. The average molecular weight is 247 g/mol. The second-order valence-electron chi connectivity index (χ2n) is 3.52. The van der Waals surface area contributed by atoms with Crippen LogP contribution in [0.25, 0.3) is 0 Å². The first kappa shape index (κ1) is 12.3. The number of ether oxygens (including phenoxy) is 1. The molecule has 82 valence electrons. The molecule has 0 aromatic heterocycles. The van der Waals surface area contributed by atoms with Crippen LogP contribution < -0.4 is 4.74 Å². The van der Waals surface area contributed by atoms with E-state index in [9.17, 15) is 4.79 Å². The molecule has 4 heteroatoms. The molecule has 0 radical (unpaired) electrons. The van der Waals surface area contributed by atoms with Crippen molar-refractivity contribution < 1.29 is 9.53 Å². The van der Waals surface area contributed by atoms with Crippen LogP contribution in [-0.2, 0) is 4.79 Å². The highest BCUT2D eigenvalue weighted by atomic mass is 35.5. The molecule has 0 heterocycles. The van der Waals surface area contributed by atoms with Crippen molar-refractivity contribution in [3.63, 3.8) is 0 Å². The number of para-hydroxylation sites is 1. The van der Waals surface area contributed by atoms with Crippen molar-refractivity contribution in [2.24, 2.45) is 5.92 Å². The Bertz CT molecular complexity index is 350. The number of hydrogen-bond acceptors (Lipinski definition) is 2. The van der Waals surface area contributed by atoms with E-state index >= 15 is 0 Å². The zero-order chi connectivity index (χ0) is 11.4. The molecule has 0 N–H and O–H groups in total. The molecular weight excluding hydrogens is 235 g/mol. The normalized spacial score (nSPS) is 12.6. The average Bonchev–Trinajstić information content (AvgIpc) is 2.15. The Morgan fingerprint density at radius 2 is 1.93 bits per heavy atom. The van der Waals surface area contributed by atoms with Gasteiger partial charge in [0.05, 0.1) is 5.02 Å². The van der Waals surface area contributed by atoms with E-state index in [0.29, 0.717) is 10.8 Å². The van der Waals surface area contributed by atoms with Gasteiger partial charge in [0.1, 0.15) is 5.75 Å². The summed E-state index contributed by atoms with van der Waals surface area (Å²) in [7, 11) is 0. The lowest BCUT2D eigenvalue weighted by Crippen LogP contribution is -2.29. The molecule has 1 aromatic carbocycles. The molecule has 0 aliphatic heterocycles. The van der Waals surface area contributed by atoms with Crippen molar-refractivity contribution in [1.82, 2.24) is 0 Å². The van der Waals surface area contributed by atoms with Gasteiger partial charge in [-0.25, -0.2) is 0 Å². The van der Waals surface area contributed by atoms with E-state index in [1.165, 1.54) is 0 Å². The predicted molar refractivity (Wildman–Crippen MR) is 61.6 cm³/mol. The number of halogens is 2. The fourth-order valence-corrected chi connectivity index (χ4v) is 1.60. The Kier molecular flexibility index (Phi) is 4.43. The fourth-order valence-electron chi connectivity index (χ4n) is 1.12. The molecule has 15 heavy (non-hydrogen) atoms. The maximum absolute atomic E-state index is 11.1. The van der Waals surface area contributed by atoms with Crippen molar-refractivity contribution in [1.29, 1.82) is 0 Å². The number of rotatable bonds is 4. The topological polar surface area (TPSA) is 26.3 Å². The van der Waals surface area contributed by atoms with E-state index < -0.39 is 11.3 Å². The smallest absolute Gasteiger partial charge is 0.262 e. The molecule has 0 amide bonds. The van der Waals surface area contributed by atoms with Gasteiger partial charge in [-0.3, -0.25) is 4.79 Å². The molecular formula is C11H12Cl2O2. The van der Waals surface area contributed by atoms with Crippen molar-refractivity contribution >= 4 is 28.4 Å². The quantitative estimate of drug-likeness (QED) is 0.761. The summed E-state index contributed by atoms with van der Waals surface area (Å²) in [4.78, 5) is 11.1. The monoisotopic (exact) mass is 246 g/mol. The Morgan fingerprint density at radius 1 is 1.33 bits per heavy atom. The highest BCUT2D eigenvalue weighted by Crippen LogP contribution is 2.26. The minimum Gasteiger partial charge on any atom is -0.479 e. The summed E-state index contributed by atoms with van der Waals surface area (Å²) in [5.74, 6) is 0.484. The molecule has 2 nitrogen and oxygen atoms in total. The van der Waals surface area contributed by atoms with E-state index in [4.69, 9.17) is 27.9 Å². The molecule has 0 aliphatic carbocycles. The Morgan fingerprint density at radius 3 is 2.40 bits per heavy atom. The van der Waals surface area contributed by atoms with Gasteiger partial charge >= 0.3 is 0 Å². The zero-order valence-electron chi connectivity index (χ0n) is 8.54. The maximum Gasteiger partial charge on any atom is 0.262 e. The van der Waals surface area contributed by atoms with Gasteiger partial charge in [-0.15, -0.1) is 0 Å². The van der Waals surface area contributed by atoms with Crippen LogP contribution >= 0.6 is 23.2 Å². The summed E-state index contributed by atoms with van der Waals surface area (Å²) in [6, 6.07) is 6.99. The summed E-state index contributed by atoms with van der Waals surface area (Å²) >= 11 is 11.3. The SMILES string of the molecule is CC(C)C(Oc1ccccc1Cl)C(=O)Cl. The van der Waals surface area contributed by atoms with Gasteiger partial charge in [-0.2, -0.15) is 0 Å². The minimum absolute atomic E-state index is 0.00581. The molecule has 0 fully saturated rings. The molecule has 1 unspecified atom stereocenters. The third kappa shape index (κ3) is 3.40. The van der Waals surface area contributed by atoms with Gasteiger partial charge in [0.2, 0.25) is 0 Å². The third-order valence-electron chi connectivity index (χ3n) is 1.92. The highest BCUT2D eigenvalue weighted by molar-refractivity contribution is 6.64. The van der Waals surface area contributed by atoms with Crippen LogP contribution in [0.5, 0.6) is 5.75 Å². The lowest BCUT2D eigenvalue weighted by molar-refractivity contribution is -0.119. The lowest BCUT2D eigenvalue weighted by Gasteiger charge is -2.19. The van der Waals surface area contributed by atoms with Crippen LogP contribution in [0.1, 0.15) is 13.8 Å². The molecule has 0 saturated heterocycles. The van der Waals surface area contributed by atoms with Crippen molar-refractivity contribution in [3.8, 4) is 5.75 Å². The summed E-state index contributed by atoms with van der Waals surface area (Å²) in [6.07, 6.45) is -0.661. The molecule has 1 rings (SSSR count). The van der Waals surface area contributed by atoms with Crippen LogP contribution in [-0.4, -0.2) is 11.3 Å². The number of carbonyl (C=O) groups excluding carboxylic acids is 1. The largest absolute Gasteiger partial charge is 0.479 e. The molecule has 1 atom stereocenters. The third-order valence-corrected chi connectivity index (χ3v) is 2.45. The molecule has 0 saturated carbocycles. The van der Waals surface area contributed by atoms with Crippen molar-refractivity contribution in [3.05, 3.63) is 29.3 Å². The summed E-state index contributed by atoms with van der Waals surface area (Å²) < 4.78 is 5.45. The Labute approximate surface area is 99.1 Å². The maximum atomic E-state index is 11.1. The van der Waals surface area contributed by atoms with E-state index in [1.807, 2.05) is 13.8 Å². The summed E-state index contributed by atoms with van der Waals surface area (Å²) in [6.45, 7) is 3.73. The van der Waals surface area contributed by atoms with Gasteiger partial charge < -0.3 is 4.74 Å². The Hall–Kier alpha value is -0.730. The molecule has 0 aliphatic rings. The molecule has 0 bridgehead atoms. The van der Waals surface area contributed by atoms with E-state index in [2.05, 4.69) is 0 Å². The van der Waals surface area contributed by atoms with Crippen molar-refractivity contribution in [2.45, 2.75) is 20.0 Å². The molecule has 1 aromatic rings. The number of carbonyl (C=O) groups is 1.